The van der Waals surface area contributed by atoms with E-state index in [2.05, 4.69) is 15.3 Å². The molecule has 1 aromatic carbocycles. The van der Waals surface area contributed by atoms with Gasteiger partial charge in [0.05, 0.1) is 16.7 Å². The number of carboxylic acid groups (broad SMARTS) is 1. The average molecular weight is 359 g/mol. The van der Waals surface area contributed by atoms with E-state index in [0.717, 1.165) is 5.56 Å². The fraction of sp³-hybridized carbons (Fsp3) is 0.176. The maximum atomic E-state index is 12.7. The number of carbonyl (C=O) groups is 1. The Hall–Kier alpha value is -2.77. The number of hydrogen-bond donors (Lipinski definition) is 2. The molecule has 0 spiro atoms. The first-order chi connectivity index (χ1) is 11.6. The van der Waals surface area contributed by atoms with Gasteiger partial charge in [0.2, 0.25) is 0 Å². The number of benzene rings is 1. The lowest BCUT2D eigenvalue weighted by atomic mass is 9.97. The molecule has 2 aromatic heterocycles. The Balaban J connectivity index is 0.00000182. The van der Waals surface area contributed by atoms with Crippen LogP contribution in [0.5, 0.6) is 0 Å². The molecule has 0 fully saturated rings. The SMILES string of the molecule is Cl.O=C(O)c1c2c(cn(-c3ccc4nccnc4c3)c1=O)CNCC2. The van der Waals surface area contributed by atoms with E-state index in [4.69, 9.17) is 0 Å². The van der Waals surface area contributed by atoms with Crippen molar-refractivity contribution in [3.05, 3.63) is 63.8 Å². The van der Waals surface area contributed by atoms with Crippen LogP contribution >= 0.6 is 12.4 Å². The van der Waals surface area contributed by atoms with E-state index >= 15 is 0 Å². The summed E-state index contributed by atoms with van der Waals surface area (Å²) < 4.78 is 1.38. The molecular weight excluding hydrogens is 344 g/mol. The van der Waals surface area contributed by atoms with Crippen LogP contribution in [0.2, 0.25) is 0 Å². The van der Waals surface area contributed by atoms with E-state index in [1.165, 1.54) is 4.57 Å². The number of fused-ring (bicyclic) bond motifs is 2. The zero-order valence-corrected chi connectivity index (χ0v) is 13.9. The largest absolute Gasteiger partial charge is 0.477 e. The molecule has 0 aliphatic carbocycles. The quantitative estimate of drug-likeness (QED) is 0.721. The summed E-state index contributed by atoms with van der Waals surface area (Å²) >= 11 is 0. The number of aromatic carboxylic acids is 1. The number of hydrogen-bond acceptors (Lipinski definition) is 5. The van der Waals surface area contributed by atoms with Gasteiger partial charge in [-0.1, -0.05) is 0 Å². The van der Waals surface area contributed by atoms with Gasteiger partial charge in [0.15, 0.2) is 0 Å². The monoisotopic (exact) mass is 358 g/mol. The number of halogens is 1. The lowest BCUT2D eigenvalue weighted by Crippen LogP contribution is -2.33. The lowest BCUT2D eigenvalue weighted by molar-refractivity contribution is 0.0693. The highest BCUT2D eigenvalue weighted by Crippen LogP contribution is 2.19. The van der Waals surface area contributed by atoms with Crippen molar-refractivity contribution in [3.63, 3.8) is 0 Å². The summed E-state index contributed by atoms with van der Waals surface area (Å²) in [6.07, 6.45) is 5.43. The van der Waals surface area contributed by atoms with Gasteiger partial charge in [-0.25, -0.2) is 4.79 Å². The van der Waals surface area contributed by atoms with Crippen LogP contribution in [0.25, 0.3) is 16.7 Å². The van der Waals surface area contributed by atoms with Crippen molar-refractivity contribution in [1.29, 1.82) is 0 Å². The van der Waals surface area contributed by atoms with Gasteiger partial charge in [0.25, 0.3) is 5.56 Å². The molecule has 25 heavy (non-hydrogen) atoms. The summed E-state index contributed by atoms with van der Waals surface area (Å²) in [5, 5.41) is 12.7. The van der Waals surface area contributed by atoms with Crippen molar-refractivity contribution in [2.45, 2.75) is 13.0 Å². The lowest BCUT2D eigenvalue weighted by Gasteiger charge is -2.20. The van der Waals surface area contributed by atoms with Crippen LogP contribution in [0.3, 0.4) is 0 Å². The molecular formula is C17H15ClN4O3. The van der Waals surface area contributed by atoms with E-state index in [1.807, 2.05) is 0 Å². The summed E-state index contributed by atoms with van der Waals surface area (Å²) in [4.78, 5) is 32.8. The third-order valence-electron chi connectivity index (χ3n) is 4.22. The number of aromatic nitrogens is 3. The van der Waals surface area contributed by atoms with Crippen molar-refractivity contribution in [3.8, 4) is 5.69 Å². The van der Waals surface area contributed by atoms with Gasteiger partial charge < -0.3 is 10.4 Å². The molecule has 0 unspecified atom stereocenters. The van der Waals surface area contributed by atoms with Crippen LogP contribution in [0, 0.1) is 0 Å². The van der Waals surface area contributed by atoms with E-state index < -0.39 is 11.5 Å². The maximum Gasteiger partial charge on any atom is 0.341 e. The number of pyridine rings is 1. The molecule has 7 nitrogen and oxygen atoms in total. The van der Waals surface area contributed by atoms with Crippen LogP contribution in [-0.4, -0.2) is 32.2 Å². The first-order valence-electron chi connectivity index (χ1n) is 7.58. The van der Waals surface area contributed by atoms with Gasteiger partial charge >= 0.3 is 5.97 Å². The van der Waals surface area contributed by atoms with Crippen LogP contribution < -0.4 is 10.9 Å². The molecule has 0 amide bonds. The first kappa shape index (κ1) is 17.1. The van der Waals surface area contributed by atoms with Crippen molar-refractivity contribution in [2.75, 3.05) is 6.54 Å². The molecule has 0 saturated carbocycles. The van der Waals surface area contributed by atoms with Gasteiger partial charge in [0.1, 0.15) is 5.56 Å². The first-order valence-corrected chi connectivity index (χ1v) is 7.58. The number of nitrogens with one attached hydrogen (secondary N) is 1. The number of rotatable bonds is 2. The second kappa shape index (κ2) is 6.62. The molecule has 3 heterocycles. The molecule has 3 aromatic rings. The Morgan fingerprint density at radius 1 is 1.20 bits per heavy atom. The molecule has 0 bridgehead atoms. The minimum Gasteiger partial charge on any atom is -0.477 e. The Kier molecular flexibility index (Phi) is 4.52. The minimum absolute atomic E-state index is 0. The highest BCUT2D eigenvalue weighted by molar-refractivity contribution is 5.89. The standard InChI is InChI=1S/C17H14N4O3.ClH/c22-16-15(17(23)24)12-3-4-18-8-10(12)9-21(16)11-1-2-13-14(7-11)20-6-5-19-13;/h1-2,5-7,9,18H,3-4,8H2,(H,23,24);1H. The molecule has 1 aliphatic heterocycles. The van der Waals surface area contributed by atoms with Crippen molar-refractivity contribution in [1.82, 2.24) is 19.9 Å². The van der Waals surface area contributed by atoms with Gasteiger partial charge in [-0.15, -0.1) is 12.4 Å². The second-order valence-electron chi connectivity index (χ2n) is 5.64. The Morgan fingerprint density at radius 2 is 1.96 bits per heavy atom. The van der Waals surface area contributed by atoms with E-state index in [-0.39, 0.29) is 18.0 Å². The predicted octanol–water partition coefficient (Wildman–Crippen LogP) is 1.55. The molecule has 0 radical (unpaired) electrons. The average Bonchev–Trinajstić information content (AvgIpc) is 2.60. The Morgan fingerprint density at radius 3 is 2.72 bits per heavy atom. The van der Waals surface area contributed by atoms with Gasteiger partial charge in [-0.05, 0) is 42.3 Å². The molecule has 8 heteroatoms. The summed E-state index contributed by atoms with van der Waals surface area (Å²) in [5.74, 6) is -1.19. The van der Waals surface area contributed by atoms with Crippen LogP contribution in [0.15, 0.2) is 41.6 Å². The summed E-state index contributed by atoms with van der Waals surface area (Å²) in [7, 11) is 0. The molecule has 4 rings (SSSR count). The number of carboxylic acids is 1. The summed E-state index contributed by atoms with van der Waals surface area (Å²) in [6, 6.07) is 5.24. The normalized spacial score (nSPS) is 13.1. The molecule has 1 aliphatic rings. The summed E-state index contributed by atoms with van der Waals surface area (Å²) in [6.45, 7) is 1.21. The van der Waals surface area contributed by atoms with Crippen molar-refractivity contribution < 1.29 is 9.90 Å². The zero-order chi connectivity index (χ0) is 16.7. The van der Waals surface area contributed by atoms with Gasteiger partial charge in [-0.3, -0.25) is 19.3 Å². The smallest absolute Gasteiger partial charge is 0.341 e. The van der Waals surface area contributed by atoms with Crippen LogP contribution in [-0.2, 0) is 13.0 Å². The van der Waals surface area contributed by atoms with Crippen LogP contribution in [0.4, 0.5) is 0 Å². The molecule has 2 N–H and O–H groups in total. The van der Waals surface area contributed by atoms with Crippen molar-refractivity contribution in [2.24, 2.45) is 0 Å². The Labute approximate surface area is 148 Å². The third-order valence-corrected chi connectivity index (χ3v) is 4.22. The van der Waals surface area contributed by atoms with Gasteiger partial charge in [0, 0.05) is 25.1 Å². The van der Waals surface area contributed by atoms with Gasteiger partial charge in [-0.2, -0.15) is 0 Å². The van der Waals surface area contributed by atoms with E-state index in [1.54, 1.807) is 36.8 Å². The Bertz CT molecular complexity index is 1030. The minimum atomic E-state index is -1.19. The predicted molar refractivity (Wildman–Crippen MR) is 94.8 cm³/mol. The molecule has 0 atom stereocenters. The summed E-state index contributed by atoms with van der Waals surface area (Å²) in [5.41, 5.74) is 2.73. The van der Waals surface area contributed by atoms with E-state index in [0.29, 0.717) is 41.8 Å². The van der Waals surface area contributed by atoms with E-state index in [9.17, 15) is 14.7 Å². The fourth-order valence-electron chi connectivity index (χ4n) is 3.09. The molecule has 128 valence electrons. The fourth-order valence-corrected chi connectivity index (χ4v) is 3.09. The molecule has 0 saturated heterocycles. The van der Waals surface area contributed by atoms with Crippen LogP contribution in [0.1, 0.15) is 21.5 Å². The second-order valence-corrected chi connectivity index (χ2v) is 5.64. The number of nitrogens with zero attached hydrogens (tertiary/aromatic N) is 3. The highest BCUT2D eigenvalue weighted by Gasteiger charge is 2.23. The third kappa shape index (κ3) is 2.88. The topological polar surface area (TPSA) is 97.1 Å². The zero-order valence-electron chi connectivity index (χ0n) is 13.1. The highest BCUT2D eigenvalue weighted by atomic mass is 35.5. The van der Waals surface area contributed by atoms with Crippen molar-refractivity contribution >= 4 is 29.4 Å². The maximum absolute atomic E-state index is 12.7.